The predicted molar refractivity (Wildman–Crippen MR) is 115 cm³/mol. The summed E-state index contributed by atoms with van der Waals surface area (Å²) >= 11 is 0. The Morgan fingerprint density at radius 1 is 1.04 bits per heavy atom. The zero-order valence-corrected chi connectivity index (χ0v) is 16.8. The Balaban J connectivity index is 1.67. The van der Waals surface area contributed by atoms with Crippen molar-refractivity contribution in [2.75, 3.05) is 0 Å². The van der Waals surface area contributed by atoms with Crippen LogP contribution in [0.25, 0.3) is 10.9 Å². The highest BCUT2D eigenvalue weighted by atomic mass is 15.1. The second-order valence-electron chi connectivity index (χ2n) is 8.52. The first kappa shape index (κ1) is 18.5. The fourth-order valence-electron chi connectivity index (χ4n) is 3.62. The van der Waals surface area contributed by atoms with Gasteiger partial charge in [-0.1, -0.05) is 69.3 Å². The fourth-order valence-corrected chi connectivity index (χ4v) is 3.62. The van der Waals surface area contributed by atoms with Crippen molar-refractivity contribution >= 4 is 10.9 Å². The van der Waals surface area contributed by atoms with Gasteiger partial charge in [0.2, 0.25) is 0 Å². The number of imidazole rings is 1. The highest BCUT2D eigenvalue weighted by Gasteiger charge is 2.23. The van der Waals surface area contributed by atoms with Crippen LogP contribution in [0.3, 0.4) is 0 Å². The molecule has 0 aliphatic carbocycles. The second-order valence-corrected chi connectivity index (χ2v) is 8.52. The van der Waals surface area contributed by atoms with Gasteiger partial charge in [0, 0.05) is 35.3 Å². The number of aromatic nitrogens is 3. The third-order valence-electron chi connectivity index (χ3n) is 5.22. The highest BCUT2D eigenvalue weighted by molar-refractivity contribution is 5.83. The van der Waals surface area contributed by atoms with E-state index in [9.17, 15) is 0 Å². The molecule has 4 heteroatoms. The third-order valence-corrected chi connectivity index (χ3v) is 5.22. The lowest BCUT2D eigenvalue weighted by Crippen LogP contribution is -2.19. The van der Waals surface area contributed by atoms with Crippen molar-refractivity contribution < 1.29 is 0 Å². The molecule has 4 nitrogen and oxygen atoms in total. The quantitative estimate of drug-likeness (QED) is 0.520. The molecule has 0 saturated heterocycles. The fraction of sp³-hybridized carbons (Fsp3) is 0.292. The number of aromatic amines is 1. The minimum atomic E-state index is -0.168. The Bertz CT molecular complexity index is 1070. The van der Waals surface area contributed by atoms with Crippen molar-refractivity contribution in [3.05, 3.63) is 89.6 Å². The second kappa shape index (κ2) is 7.28. The zero-order chi connectivity index (χ0) is 19.7. The van der Waals surface area contributed by atoms with Gasteiger partial charge in [0.15, 0.2) is 0 Å². The molecule has 0 radical (unpaired) electrons. The first-order valence-corrected chi connectivity index (χ1v) is 9.84. The summed E-state index contributed by atoms with van der Waals surface area (Å²) in [6, 6.07) is 18.7. The number of benzene rings is 2. The maximum absolute atomic E-state index is 6.69. The molecule has 0 fully saturated rings. The minimum Gasteiger partial charge on any atom is -0.361 e. The number of nitrogens with one attached hydrogen (secondary N) is 1. The van der Waals surface area contributed by atoms with Crippen LogP contribution in [0.1, 0.15) is 49.5 Å². The number of nitrogens with zero attached hydrogens (tertiary/aromatic N) is 2. The Labute approximate surface area is 166 Å². The van der Waals surface area contributed by atoms with E-state index in [0.717, 1.165) is 30.0 Å². The normalized spacial score (nSPS) is 13.1. The molecule has 1 unspecified atom stereocenters. The van der Waals surface area contributed by atoms with Gasteiger partial charge in [0.1, 0.15) is 5.82 Å². The molecule has 0 aliphatic heterocycles. The number of fused-ring (bicyclic) bond motifs is 1. The summed E-state index contributed by atoms with van der Waals surface area (Å²) in [6.45, 7) is 7.35. The predicted octanol–water partition coefficient (Wildman–Crippen LogP) is 4.95. The zero-order valence-electron chi connectivity index (χ0n) is 16.8. The summed E-state index contributed by atoms with van der Waals surface area (Å²) in [6.07, 6.45) is 4.98. The van der Waals surface area contributed by atoms with Crippen LogP contribution in [0, 0.1) is 0 Å². The largest absolute Gasteiger partial charge is 0.361 e. The van der Waals surface area contributed by atoms with Gasteiger partial charge in [-0.3, -0.25) is 0 Å². The van der Waals surface area contributed by atoms with E-state index in [2.05, 4.69) is 85.2 Å². The van der Waals surface area contributed by atoms with Crippen LogP contribution in [0.5, 0.6) is 0 Å². The van der Waals surface area contributed by atoms with Crippen molar-refractivity contribution in [3.63, 3.8) is 0 Å². The lowest BCUT2D eigenvalue weighted by molar-refractivity contribution is 0.566. The number of nitrogens with two attached hydrogens (primary N) is 1. The summed E-state index contributed by atoms with van der Waals surface area (Å²) in [4.78, 5) is 8.31. The maximum atomic E-state index is 6.69. The van der Waals surface area contributed by atoms with Crippen LogP contribution in [0.2, 0.25) is 0 Å². The van der Waals surface area contributed by atoms with E-state index < -0.39 is 0 Å². The number of para-hydroxylation sites is 1. The molecule has 2 aromatic heterocycles. The van der Waals surface area contributed by atoms with Crippen LogP contribution in [0.4, 0.5) is 0 Å². The molecule has 0 saturated carbocycles. The van der Waals surface area contributed by atoms with Gasteiger partial charge in [-0.25, -0.2) is 4.98 Å². The van der Waals surface area contributed by atoms with E-state index in [4.69, 9.17) is 10.7 Å². The van der Waals surface area contributed by atoms with Crippen molar-refractivity contribution in [1.29, 1.82) is 0 Å². The monoisotopic (exact) mass is 372 g/mol. The van der Waals surface area contributed by atoms with Gasteiger partial charge in [0.05, 0.1) is 11.7 Å². The molecule has 0 aliphatic rings. The molecule has 2 aromatic carbocycles. The molecule has 0 amide bonds. The van der Waals surface area contributed by atoms with E-state index in [1.165, 1.54) is 16.5 Å². The van der Waals surface area contributed by atoms with Gasteiger partial charge >= 0.3 is 0 Å². The van der Waals surface area contributed by atoms with E-state index >= 15 is 0 Å². The summed E-state index contributed by atoms with van der Waals surface area (Å²) < 4.78 is 2.22. The Kier molecular flexibility index (Phi) is 4.82. The van der Waals surface area contributed by atoms with E-state index in [1.54, 1.807) is 0 Å². The van der Waals surface area contributed by atoms with Crippen LogP contribution in [-0.2, 0) is 18.4 Å². The first-order valence-electron chi connectivity index (χ1n) is 9.84. The van der Waals surface area contributed by atoms with Crippen molar-refractivity contribution in [2.45, 2.75) is 45.2 Å². The topological polar surface area (TPSA) is 59.6 Å². The van der Waals surface area contributed by atoms with Gasteiger partial charge in [-0.2, -0.15) is 0 Å². The van der Waals surface area contributed by atoms with Crippen LogP contribution >= 0.6 is 0 Å². The third kappa shape index (κ3) is 3.73. The van der Waals surface area contributed by atoms with Gasteiger partial charge in [0.25, 0.3) is 0 Å². The van der Waals surface area contributed by atoms with E-state index in [1.807, 2.05) is 12.1 Å². The Morgan fingerprint density at radius 2 is 1.75 bits per heavy atom. The molecular weight excluding hydrogens is 344 g/mol. The average Bonchev–Trinajstić information content (AvgIpc) is 3.27. The standard InChI is InChI=1S/C24H28N4/c1-24(2,3)22-16-28(15-17-9-5-4-6-10-17)23(27-22)20(25)13-18-14-26-21-12-8-7-11-19(18)21/h4-12,14,16,20,26H,13,15,25H2,1-3H3. The molecule has 1 atom stereocenters. The Morgan fingerprint density at radius 3 is 2.50 bits per heavy atom. The van der Waals surface area contributed by atoms with E-state index in [0.29, 0.717) is 0 Å². The molecule has 0 bridgehead atoms. The van der Waals surface area contributed by atoms with Crippen molar-refractivity contribution in [3.8, 4) is 0 Å². The average molecular weight is 373 g/mol. The number of rotatable bonds is 5. The lowest BCUT2D eigenvalue weighted by atomic mass is 9.93. The molecule has 144 valence electrons. The Hall–Kier alpha value is -2.85. The molecule has 4 aromatic rings. The van der Waals surface area contributed by atoms with Gasteiger partial charge in [-0.05, 0) is 23.6 Å². The summed E-state index contributed by atoms with van der Waals surface area (Å²) in [5.74, 6) is 0.944. The van der Waals surface area contributed by atoms with Crippen molar-refractivity contribution in [1.82, 2.24) is 14.5 Å². The van der Waals surface area contributed by atoms with Crippen LogP contribution < -0.4 is 5.73 Å². The summed E-state index contributed by atoms with van der Waals surface area (Å²) in [5.41, 5.74) is 11.4. The smallest absolute Gasteiger partial charge is 0.126 e. The number of H-pyrrole nitrogens is 1. The number of hydrogen-bond donors (Lipinski definition) is 2. The SMILES string of the molecule is CC(C)(C)c1cn(Cc2ccccc2)c(C(N)Cc2c[nH]c3ccccc23)n1. The molecule has 0 spiro atoms. The van der Waals surface area contributed by atoms with Crippen LogP contribution in [-0.4, -0.2) is 14.5 Å². The van der Waals surface area contributed by atoms with Gasteiger partial charge < -0.3 is 15.3 Å². The summed E-state index contributed by atoms with van der Waals surface area (Å²) in [5, 5.41) is 1.23. The molecule has 2 heterocycles. The van der Waals surface area contributed by atoms with Crippen molar-refractivity contribution in [2.24, 2.45) is 5.73 Å². The number of hydrogen-bond acceptors (Lipinski definition) is 2. The first-order chi connectivity index (χ1) is 13.4. The minimum absolute atomic E-state index is 0.0167. The molecule has 3 N–H and O–H groups in total. The molecule has 4 rings (SSSR count). The van der Waals surface area contributed by atoms with Crippen LogP contribution in [0.15, 0.2) is 67.0 Å². The summed E-state index contributed by atoms with van der Waals surface area (Å²) in [7, 11) is 0. The van der Waals surface area contributed by atoms with Gasteiger partial charge in [-0.15, -0.1) is 0 Å². The molecule has 28 heavy (non-hydrogen) atoms. The maximum Gasteiger partial charge on any atom is 0.126 e. The highest BCUT2D eigenvalue weighted by Crippen LogP contribution is 2.27. The lowest BCUT2D eigenvalue weighted by Gasteiger charge is -2.14. The van der Waals surface area contributed by atoms with E-state index in [-0.39, 0.29) is 11.5 Å². The molecular formula is C24H28N4.